The zero-order valence-electron chi connectivity index (χ0n) is 19.7. The highest BCUT2D eigenvalue weighted by Gasteiger charge is 2.42. The summed E-state index contributed by atoms with van der Waals surface area (Å²) >= 11 is 0. The predicted octanol–water partition coefficient (Wildman–Crippen LogP) is 4.07. The van der Waals surface area contributed by atoms with E-state index in [1.165, 1.54) is 12.1 Å². The normalized spacial score (nSPS) is 19.8. The lowest BCUT2D eigenvalue weighted by atomic mass is 9.81. The molecule has 0 amide bonds. The van der Waals surface area contributed by atoms with E-state index in [0.29, 0.717) is 19.4 Å². The molecule has 1 aliphatic heterocycles. The van der Waals surface area contributed by atoms with Crippen LogP contribution in [-0.2, 0) is 24.5 Å². The van der Waals surface area contributed by atoms with Gasteiger partial charge >= 0.3 is 5.97 Å². The molecule has 1 heterocycles. The van der Waals surface area contributed by atoms with Crippen LogP contribution in [0.3, 0.4) is 0 Å². The summed E-state index contributed by atoms with van der Waals surface area (Å²) in [5.74, 6) is -1.67. The monoisotopic (exact) mass is 509 g/mol. The number of carboxylic acid groups (broad SMARTS) is 1. The molecule has 0 fully saturated rings. The van der Waals surface area contributed by atoms with Gasteiger partial charge in [0, 0.05) is 30.0 Å². The first-order valence-electron chi connectivity index (χ1n) is 11.2. The number of ether oxygens (including phenoxy) is 1. The van der Waals surface area contributed by atoms with Crippen LogP contribution in [-0.4, -0.2) is 53.1 Å². The van der Waals surface area contributed by atoms with Crippen molar-refractivity contribution in [3.05, 3.63) is 42.5 Å². The number of fused-ring (bicyclic) bond motifs is 1. The minimum atomic E-state index is -3.86. The summed E-state index contributed by atoms with van der Waals surface area (Å²) in [6.45, 7) is 3.65. The summed E-state index contributed by atoms with van der Waals surface area (Å²) in [4.78, 5) is 12.6. The van der Waals surface area contributed by atoms with Crippen molar-refractivity contribution >= 4 is 37.0 Å². The Morgan fingerprint density at radius 1 is 1.18 bits per heavy atom. The van der Waals surface area contributed by atoms with Gasteiger partial charge in [-0.25, -0.2) is 21.6 Å². The maximum Gasteiger partial charge on any atom is 0.341 e. The van der Waals surface area contributed by atoms with E-state index in [1.807, 2.05) is 42.2 Å². The molecule has 0 aromatic heterocycles. The fourth-order valence-electron chi connectivity index (χ4n) is 4.41. The Labute approximate surface area is 201 Å². The van der Waals surface area contributed by atoms with E-state index in [4.69, 9.17) is 9.84 Å². The molecule has 1 N–H and O–H groups in total. The summed E-state index contributed by atoms with van der Waals surface area (Å²) in [5, 5.41) is 9.03. The highest BCUT2D eigenvalue weighted by molar-refractivity contribution is 7.91. The molecule has 2 aromatic carbocycles. The van der Waals surface area contributed by atoms with Crippen LogP contribution < -0.4 is 9.64 Å². The van der Waals surface area contributed by atoms with Gasteiger partial charge in [0.2, 0.25) is 0 Å². The highest BCUT2D eigenvalue weighted by atomic mass is 32.2. The number of anilines is 2. The Morgan fingerprint density at radius 3 is 2.41 bits per heavy atom. The van der Waals surface area contributed by atoms with Crippen LogP contribution in [0, 0.1) is 5.41 Å². The average molecular weight is 510 g/mol. The Balaban J connectivity index is 2.33. The first-order valence-corrected chi connectivity index (χ1v) is 14.7. The zero-order valence-corrected chi connectivity index (χ0v) is 21.3. The topological polar surface area (TPSA) is 118 Å². The molecule has 0 saturated carbocycles. The molecular weight excluding hydrogens is 478 g/mol. The van der Waals surface area contributed by atoms with Crippen molar-refractivity contribution in [1.29, 1.82) is 0 Å². The number of aliphatic carboxylic acids is 1. The van der Waals surface area contributed by atoms with Crippen LogP contribution in [0.15, 0.2) is 52.3 Å². The average Bonchev–Trinajstić information content (AvgIpc) is 2.88. The Bertz CT molecular complexity index is 1260. The third-order valence-corrected chi connectivity index (χ3v) is 9.38. The molecule has 8 nitrogen and oxygen atoms in total. The summed E-state index contributed by atoms with van der Waals surface area (Å²) < 4.78 is 57.9. The fraction of sp³-hybridized carbons (Fsp3) is 0.458. The van der Waals surface area contributed by atoms with Crippen molar-refractivity contribution in [3.63, 3.8) is 0 Å². The molecule has 3 rings (SSSR count). The highest BCUT2D eigenvalue weighted by Crippen LogP contribution is 2.46. The standard InChI is InChI=1S/C24H31NO7S2/c1-4-6-12-24(5-2)16-25(18-10-8-7-9-11-18)19-13-22(33(3,28)29)20(32-15-23(26)27)14-21(19)34(30,31)17-24/h7-11,13-14H,4-6,12,15-17H2,1-3H3,(H,26,27). The second-order valence-electron chi connectivity index (χ2n) is 8.86. The van der Waals surface area contributed by atoms with E-state index in [1.54, 1.807) is 0 Å². The van der Waals surface area contributed by atoms with Gasteiger partial charge in [-0.15, -0.1) is 0 Å². The van der Waals surface area contributed by atoms with Gasteiger partial charge in [-0.1, -0.05) is 44.9 Å². The van der Waals surface area contributed by atoms with Gasteiger partial charge in [-0.2, -0.15) is 0 Å². The SMILES string of the molecule is CCCCC1(CC)CN(c2ccccc2)c2cc(S(C)(=O)=O)c(OCC(=O)O)cc2S(=O)(=O)C1. The van der Waals surface area contributed by atoms with Crippen molar-refractivity contribution in [3.8, 4) is 5.75 Å². The van der Waals surface area contributed by atoms with Crippen molar-refractivity contribution in [1.82, 2.24) is 0 Å². The van der Waals surface area contributed by atoms with Crippen LogP contribution in [0.25, 0.3) is 0 Å². The number of sulfone groups is 2. The largest absolute Gasteiger partial charge is 0.480 e. The lowest BCUT2D eigenvalue weighted by molar-refractivity contribution is -0.139. The fourth-order valence-corrected chi connectivity index (χ4v) is 7.40. The predicted molar refractivity (Wildman–Crippen MR) is 130 cm³/mol. The molecule has 0 saturated heterocycles. The number of unbranched alkanes of at least 4 members (excludes halogenated alkanes) is 1. The maximum atomic E-state index is 13.7. The summed E-state index contributed by atoms with van der Waals surface area (Å²) in [6, 6.07) is 11.7. The first kappa shape index (κ1) is 26.0. The van der Waals surface area contributed by atoms with Gasteiger partial charge in [0.15, 0.2) is 26.3 Å². The van der Waals surface area contributed by atoms with Crippen LogP contribution in [0.2, 0.25) is 0 Å². The van der Waals surface area contributed by atoms with Crippen LogP contribution in [0.4, 0.5) is 11.4 Å². The quantitative estimate of drug-likeness (QED) is 0.538. The van der Waals surface area contributed by atoms with E-state index in [2.05, 4.69) is 6.92 Å². The Kier molecular flexibility index (Phi) is 7.62. The molecule has 1 atom stereocenters. The number of benzene rings is 2. The number of para-hydroxylation sites is 1. The molecule has 2 aromatic rings. The molecule has 0 radical (unpaired) electrons. The van der Waals surface area contributed by atoms with Gasteiger partial charge in [0.25, 0.3) is 0 Å². The van der Waals surface area contributed by atoms with E-state index in [9.17, 15) is 21.6 Å². The number of nitrogens with zero attached hydrogens (tertiary/aromatic N) is 1. The van der Waals surface area contributed by atoms with Crippen LogP contribution in [0.1, 0.15) is 39.5 Å². The maximum absolute atomic E-state index is 13.7. The molecule has 1 aliphatic rings. The number of rotatable bonds is 9. The van der Waals surface area contributed by atoms with Gasteiger partial charge in [0.1, 0.15) is 10.6 Å². The smallest absolute Gasteiger partial charge is 0.341 e. The van der Waals surface area contributed by atoms with Crippen LogP contribution in [0.5, 0.6) is 5.75 Å². The number of carboxylic acids is 1. The Morgan fingerprint density at radius 2 is 1.85 bits per heavy atom. The number of hydrogen-bond donors (Lipinski definition) is 1. The van der Waals surface area contributed by atoms with Gasteiger partial charge < -0.3 is 14.7 Å². The van der Waals surface area contributed by atoms with Gasteiger partial charge in [0.05, 0.1) is 16.3 Å². The third kappa shape index (κ3) is 5.55. The molecule has 0 aliphatic carbocycles. The molecule has 0 bridgehead atoms. The van der Waals surface area contributed by atoms with E-state index >= 15 is 0 Å². The van der Waals surface area contributed by atoms with Crippen molar-refractivity contribution in [2.45, 2.75) is 49.3 Å². The molecule has 186 valence electrons. The third-order valence-electron chi connectivity index (χ3n) is 6.27. The van der Waals surface area contributed by atoms with Crippen molar-refractivity contribution < 1.29 is 31.5 Å². The number of carbonyl (C=O) groups is 1. The first-order chi connectivity index (χ1) is 15.9. The summed E-state index contributed by atoms with van der Waals surface area (Å²) in [5.41, 5.74) is 0.451. The van der Waals surface area contributed by atoms with Crippen molar-refractivity contribution in [2.75, 3.05) is 30.1 Å². The molecule has 0 spiro atoms. The minimum Gasteiger partial charge on any atom is -0.480 e. The minimum absolute atomic E-state index is 0.0593. The van der Waals surface area contributed by atoms with E-state index in [0.717, 1.165) is 24.8 Å². The van der Waals surface area contributed by atoms with E-state index < -0.39 is 37.7 Å². The molecule has 1 unspecified atom stereocenters. The zero-order chi connectivity index (χ0) is 25.1. The van der Waals surface area contributed by atoms with Gasteiger partial charge in [-0.05, 0) is 31.0 Å². The second kappa shape index (κ2) is 9.95. The summed E-state index contributed by atoms with van der Waals surface area (Å²) in [7, 11) is -7.71. The summed E-state index contributed by atoms with van der Waals surface area (Å²) in [6.07, 6.45) is 4.11. The lowest BCUT2D eigenvalue weighted by Gasteiger charge is -2.36. The van der Waals surface area contributed by atoms with Gasteiger partial charge in [-0.3, -0.25) is 0 Å². The molecule has 10 heteroatoms. The molecule has 34 heavy (non-hydrogen) atoms. The van der Waals surface area contributed by atoms with Crippen LogP contribution >= 0.6 is 0 Å². The lowest BCUT2D eigenvalue weighted by Crippen LogP contribution is -2.37. The van der Waals surface area contributed by atoms with E-state index in [-0.39, 0.29) is 27.0 Å². The van der Waals surface area contributed by atoms with Crippen molar-refractivity contribution in [2.24, 2.45) is 5.41 Å². The number of hydrogen-bond acceptors (Lipinski definition) is 7. The Hall–Kier alpha value is -2.59. The second-order valence-corrected chi connectivity index (χ2v) is 12.8. The molecular formula is C24H31NO7S2.